The average molecular weight is 413 g/mol. The van der Waals surface area contributed by atoms with E-state index in [-0.39, 0.29) is 5.78 Å². The molecule has 0 unspecified atom stereocenters. The summed E-state index contributed by atoms with van der Waals surface area (Å²) in [5, 5.41) is 2.10. The van der Waals surface area contributed by atoms with E-state index >= 15 is 0 Å². The van der Waals surface area contributed by atoms with E-state index in [0.717, 1.165) is 34.9 Å². The Kier molecular flexibility index (Phi) is 4.72. The van der Waals surface area contributed by atoms with Gasteiger partial charge in [-0.1, -0.05) is 11.8 Å². The zero-order chi connectivity index (χ0) is 19.1. The van der Waals surface area contributed by atoms with Crippen LogP contribution >= 0.6 is 23.1 Å². The molecular weight excluding hydrogens is 392 g/mol. The van der Waals surface area contributed by atoms with E-state index in [1.807, 2.05) is 19.1 Å². The van der Waals surface area contributed by atoms with Gasteiger partial charge in [-0.25, -0.2) is 9.97 Å². The maximum Gasteiger partial charge on any atom is 0.173 e. The molecule has 2 aromatic heterocycles. The first kappa shape index (κ1) is 17.9. The molecule has 3 heterocycles. The van der Waals surface area contributed by atoms with Gasteiger partial charge in [0.25, 0.3) is 0 Å². The molecule has 0 fully saturated rings. The van der Waals surface area contributed by atoms with Gasteiger partial charge in [0.2, 0.25) is 0 Å². The zero-order valence-electron chi connectivity index (χ0n) is 15.6. The number of thioether (sulfide) groups is 1. The number of hydrogen-bond donors (Lipinski definition) is 0. The molecule has 0 bridgehead atoms. The molecule has 1 aliphatic heterocycles. The van der Waals surface area contributed by atoms with Gasteiger partial charge in [0, 0.05) is 22.2 Å². The predicted molar refractivity (Wildman–Crippen MR) is 111 cm³/mol. The number of rotatable bonds is 4. The van der Waals surface area contributed by atoms with Crippen LogP contribution in [0, 0.1) is 6.92 Å². The Morgan fingerprint density at radius 2 is 2.00 bits per heavy atom. The highest BCUT2D eigenvalue weighted by atomic mass is 32.2. The van der Waals surface area contributed by atoms with Crippen molar-refractivity contribution in [2.75, 3.05) is 19.0 Å². The molecule has 5 nitrogen and oxygen atoms in total. The van der Waals surface area contributed by atoms with Crippen LogP contribution in [-0.2, 0) is 12.8 Å². The normalized spacial score (nSPS) is 15.5. The maximum absolute atomic E-state index is 12.8. The Morgan fingerprint density at radius 3 is 2.89 bits per heavy atom. The van der Waals surface area contributed by atoms with E-state index in [2.05, 4.69) is 9.97 Å². The fraction of sp³-hybridized carbons (Fsp3) is 0.381. The molecule has 2 aliphatic rings. The van der Waals surface area contributed by atoms with E-state index in [4.69, 9.17) is 9.47 Å². The molecule has 28 heavy (non-hydrogen) atoms. The summed E-state index contributed by atoms with van der Waals surface area (Å²) in [6, 6.07) is 5.45. The van der Waals surface area contributed by atoms with Crippen LogP contribution in [0.2, 0.25) is 0 Å². The second kappa shape index (κ2) is 7.37. The van der Waals surface area contributed by atoms with Gasteiger partial charge < -0.3 is 9.47 Å². The summed E-state index contributed by atoms with van der Waals surface area (Å²) >= 11 is 3.30. The van der Waals surface area contributed by atoms with Crippen LogP contribution in [0.5, 0.6) is 11.5 Å². The summed E-state index contributed by atoms with van der Waals surface area (Å²) in [5.74, 6) is 2.54. The van der Waals surface area contributed by atoms with Crippen molar-refractivity contribution >= 4 is 39.1 Å². The number of aromatic nitrogens is 2. The molecule has 0 N–H and O–H groups in total. The lowest BCUT2D eigenvalue weighted by Gasteiger charge is -2.09. The van der Waals surface area contributed by atoms with E-state index < -0.39 is 0 Å². The Hall–Kier alpha value is -2.12. The van der Waals surface area contributed by atoms with Crippen molar-refractivity contribution in [3.63, 3.8) is 0 Å². The molecule has 3 aromatic rings. The SMILES string of the molecule is Cc1nc(SCC(=O)c2ccc3c(c2)OCCCO3)c2c3c(sc2n1)CCC3. The van der Waals surface area contributed by atoms with Crippen LogP contribution in [-0.4, -0.2) is 34.7 Å². The number of carbonyl (C=O) groups excluding carboxylic acids is 1. The highest BCUT2D eigenvalue weighted by molar-refractivity contribution is 8.00. The summed E-state index contributed by atoms with van der Waals surface area (Å²) in [5.41, 5.74) is 2.04. The number of aryl methyl sites for hydroxylation is 3. The number of hydrogen-bond acceptors (Lipinski definition) is 7. The number of benzene rings is 1. The zero-order valence-corrected chi connectivity index (χ0v) is 17.3. The van der Waals surface area contributed by atoms with Crippen molar-refractivity contribution < 1.29 is 14.3 Å². The van der Waals surface area contributed by atoms with Crippen LogP contribution in [0.3, 0.4) is 0 Å². The summed E-state index contributed by atoms with van der Waals surface area (Å²) < 4.78 is 11.4. The molecule has 0 atom stereocenters. The minimum Gasteiger partial charge on any atom is -0.490 e. The first-order valence-corrected chi connectivity index (χ1v) is 11.3. The second-order valence-electron chi connectivity index (χ2n) is 7.04. The second-order valence-corrected chi connectivity index (χ2v) is 9.08. The largest absolute Gasteiger partial charge is 0.490 e. The fourth-order valence-corrected chi connectivity index (χ4v) is 6.09. The summed E-state index contributed by atoms with van der Waals surface area (Å²) in [6.07, 6.45) is 4.27. The topological polar surface area (TPSA) is 61.3 Å². The number of carbonyl (C=O) groups is 1. The molecule has 0 saturated carbocycles. The summed E-state index contributed by atoms with van der Waals surface area (Å²) in [4.78, 5) is 24.6. The molecule has 0 radical (unpaired) electrons. The number of fused-ring (bicyclic) bond motifs is 4. The number of Topliss-reactive ketones (excluding diaryl/α,β-unsaturated/α-hetero) is 1. The molecule has 7 heteroatoms. The first-order valence-electron chi connectivity index (χ1n) is 9.53. The van der Waals surface area contributed by atoms with Crippen molar-refractivity contribution in [1.82, 2.24) is 9.97 Å². The monoisotopic (exact) mass is 412 g/mol. The Morgan fingerprint density at radius 1 is 1.14 bits per heavy atom. The van der Waals surface area contributed by atoms with Gasteiger partial charge in [-0.05, 0) is 49.9 Å². The third-order valence-electron chi connectivity index (χ3n) is 5.05. The van der Waals surface area contributed by atoms with Crippen LogP contribution in [0.1, 0.15) is 39.5 Å². The van der Waals surface area contributed by atoms with Crippen molar-refractivity contribution in [1.29, 1.82) is 0 Å². The number of thiophene rings is 1. The van der Waals surface area contributed by atoms with E-state index in [0.29, 0.717) is 36.0 Å². The Labute approximate surface area is 171 Å². The number of nitrogens with zero attached hydrogens (tertiary/aromatic N) is 2. The van der Waals surface area contributed by atoms with E-state index in [9.17, 15) is 4.79 Å². The minimum absolute atomic E-state index is 0.0666. The smallest absolute Gasteiger partial charge is 0.173 e. The highest BCUT2D eigenvalue weighted by Gasteiger charge is 2.23. The van der Waals surface area contributed by atoms with Gasteiger partial charge in [0.05, 0.1) is 19.0 Å². The quantitative estimate of drug-likeness (QED) is 0.354. The predicted octanol–water partition coefficient (Wildman–Crippen LogP) is 4.62. The van der Waals surface area contributed by atoms with Crippen molar-refractivity contribution in [3.05, 3.63) is 40.0 Å². The van der Waals surface area contributed by atoms with Gasteiger partial charge in [-0.2, -0.15) is 0 Å². The van der Waals surface area contributed by atoms with Crippen LogP contribution in [0.25, 0.3) is 10.2 Å². The molecule has 144 valence electrons. The molecule has 1 aromatic carbocycles. The molecule has 0 spiro atoms. The Balaban J connectivity index is 1.39. The highest BCUT2D eigenvalue weighted by Crippen LogP contribution is 2.40. The van der Waals surface area contributed by atoms with E-state index in [1.54, 1.807) is 17.4 Å². The third-order valence-corrected chi connectivity index (χ3v) is 7.21. The Bertz CT molecular complexity index is 1080. The van der Waals surface area contributed by atoms with Crippen LogP contribution in [0.4, 0.5) is 0 Å². The average Bonchev–Trinajstić information content (AvgIpc) is 3.18. The van der Waals surface area contributed by atoms with Crippen LogP contribution < -0.4 is 9.47 Å². The standard InChI is InChI=1S/C21H20N2O3S2/c1-12-22-20(19-14-4-2-5-18(14)28-21(19)23-12)27-11-15(24)13-6-7-16-17(10-13)26-9-3-8-25-16/h6-7,10H,2-5,8-9,11H2,1H3. The van der Waals surface area contributed by atoms with Crippen molar-refractivity contribution in [3.8, 4) is 11.5 Å². The molecule has 1 aliphatic carbocycles. The van der Waals surface area contributed by atoms with Gasteiger partial charge in [-0.3, -0.25) is 4.79 Å². The summed E-state index contributed by atoms with van der Waals surface area (Å²) in [6.45, 7) is 3.17. The van der Waals surface area contributed by atoms with Gasteiger partial charge >= 0.3 is 0 Å². The first-order chi connectivity index (χ1) is 13.7. The van der Waals surface area contributed by atoms with Crippen molar-refractivity contribution in [2.24, 2.45) is 0 Å². The fourth-order valence-electron chi connectivity index (χ4n) is 3.72. The lowest BCUT2D eigenvalue weighted by atomic mass is 10.1. The van der Waals surface area contributed by atoms with Crippen molar-refractivity contribution in [2.45, 2.75) is 37.6 Å². The molecular formula is C21H20N2O3S2. The van der Waals surface area contributed by atoms with Crippen LogP contribution in [0.15, 0.2) is 23.2 Å². The molecule has 0 amide bonds. The molecule has 5 rings (SSSR count). The van der Waals surface area contributed by atoms with Gasteiger partial charge in [0.15, 0.2) is 17.3 Å². The lowest BCUT2D eigenvalue weighted by Crippen LogP contribution is -2.04. The van der Waals surface area contributed by atoms with Gasteiger partial charge in [0.1, 0.15) is 15.7 Å². The number of ether oxygens (including phenoxy) is 2. The number of ketones is 1. The van der Waals surface area contributed by atoms with E-state index in [1.165, 1.54) is 34.0 Å². The minimum atomic E-state index is 0.0666. The maximum atomic E-state index is 12.8. The third kappa shape index (κ3) is 3.26. The lowest BCUT2D eigenvalue weighted by molar-refractivity contribution is 0.102. The molecule has 0 saturated heterocycles. The van der Waals surface area contributed by atoms with Gasteiger partial charge in [-0.15, -0.1) is 11.3 Å². The summed E-state index contributed by atoms with van der Waals surface area (Å²) in [7, 11) is 0.